The topological polar surface area (TPSA) is 73.2 Å². The van der Waals surface area contributed by atoms with Crippen molar-refractivity contribution in [3.8, 4) is 5.75 Å². The number of hydrogen-bond donors (Lipinski definition) is 1. The molecule has 0 spiro atoms. The molecule has 0 fully saturated rings. The molecule has 0 saturated heterocycles. The Morgan fingerprint density at radius 2 is 1.88 bits per heavy atom. The molecule has 0 radical (unpaired) electrons. The van der Waals surface area contributed by atoms with Crippen LogP contribution in [0.5, 0.6) is 5.75 Å². The molecule has 2 aromatic rings. The van der Waals surface area contributed by atoms with Crippen LogP contribution < -0.4 is 15.6 Å². The van der Waals surface area contributed by atoms with E-state index in [9.17, 15) is 9.59 Å². The predicted octanol–water partition coefficient (Wildman–Crippen LogP) is 2.18. The first-order chi connectivity index (χ1) is 11.8. The largest absolute Gasteiger partial charge is 0.492 e. The van der Waals surface area contributed by atoms with Crippen LogP contribution in [0.4, 0.5) is 0 Å². The third-order valence-corrected chi connectivity index (χ3v) is 3.69. The first-order valence-corrected chi connectivity index (χ1v) is 8.39. The zero-order chi connectivity index (χ0) is 18.4. The van der Waals surface area contributed by atoms with Crippen molar-refractivity contribution < 1.29 is 9.53 Å². The van der Waals surface area contributed by atoms with Crippen molar-refractivity contribution in [1.29, 1.82) is 0 Å². The van der Waals surface area contributed by atoms with Crippen LogP contribution in [-0.2, 0) is 11.3 Å². The summed E-state index contributed by atoms with van der Waals surface area (Å²) in [6, 6.07) is 7.46. The number of nitrogens with zero attached hydrogens (tertiary/aromatic N) is 2. The Kier molecular flexibility index (Phi) is 6.33. The van der Waals surface area contributed by atoms with E-state index in [4.69, 9.17) is 4.74 Å². The zero-order valence-corrected chi connectivity index (χ0v) is 15.2. The quantitative estimate of drug-likeness (QED) is 0.782. The van der Waals surface area contributed by atoms with Gasteiger partial charge < -0.3 is 10.1 Å². The summed E-state index contributed by atoms with van der Waals surface area (Å²) < 4.78 is 6.94. The van der Waals surface area contributed by atoms with Gasteiger partial charge in [0.05, 0.1) is 18.6 Å². The Bertz CT molecular complexity index is 776. The monoisotopic (exact) mass is 343 g/mol. The van der Waals surface area contributed by atoms with Crippen molar-refractivity contribution in [3.63, 3.8) is 0 Å². The van der Waals surface area contributed by atoms with Crippen molar-refractivity contribution in [3.05, 3.63) is 57.8 Å². The molecular weight excluding hydrogens is 318 g/mol. The Morgan fingerprint density at radius 1 is 1.20 bits per heavy atom. The van der Waals surface area contributed by atoms with Crippen LogP contribution >= 0.6 is 0 Å². The average molecular weight is 343 g/mol. The summed E-state index contributed by atoms with van der Waals surface area (Å²) in [5.74, 6) is 0.722. The Hall–Kier alpha value is -2.63. The molecule has 0 aliphatic rings. The summed E-state index contributed by atoms with van der Waals surface area (Å²) >= 11 is 0. The van der Waals surface area contributed by atoms with Crippen molar-refractivity contribution in [1.82, 2.24) is 14.9 Å². The van der Waals surface area contributed by atoms with Crippen LogP contribution in [0.3, 0.4) is 0 Å². The number of ether oxygens (including phenoxy) is 1. The molecule has 0 bridgehead atoms. The number of aromatic nitrogens is 2. The molecule has 1 N–H and O–H groups in total. The second kappa shape index (κ2) is 8.46. The maximum absolute atomic E-state index is 12.0. The van der Waals surface area contributed by atoms with Gasteiger partial charge in [-0.2, -0.15) is 0 Å². The molecule has 2 rings (SSSR count). The Balaban J connectivity index is 1.80. The molecule has 0 saturated carbocycles. The van der Waals surface area contributed by atoms with Crippen LogP contribution in [0.25, 0.3) is 0 Å². The van der Waals surface area contributed by atoms with Crippen molar-refractivity contribution in [2.24, 2.45) is 0 Å². The van der Waals surface area contributed by atoms with Gasteiger partial charge in [0, 0.05) is 6.07 Å². The van der Waals surface area contributed by atoms with Crippen molar-refractivity contribution in [2.75, 3.05) is 13.2 Å². The van der Waals surface area contributed by atoms with Gasteiger partial charge in [0.25, 0.3) is 5.56 Å². The Labute approximate surface area is 147 Å². The van der Waals surface area contributed by atoms with Crippen LogP contribution in [0, 0.1) is 13.8 Å². The lowest BCUT2D eigenvalue weighted by molar-refractivity contribution is -0.121. The second-order valence-corrected chi connectivity index (χ2v) is 6.46. The number of benzene rings is 1. The van der Waals surface area contributed by atoms with E-state index < -0.39 is 0 Å². The van der Waals surface area contributed by atoms with Gasteiger partial charge in [0.2, 0.25) is 5.91 Å². The van der Waals surface area contributed by atoms with Gasteiger partial charge in [0.15, 0.2) is 0 Å². The van der Waals surface area contributed by atoms with Crippen LogP contribution in [0.1, 0.15) is 36.6 Å². The maximum atomic E-state index is 12.0. The number of rotatable bonds is 7. The number of carbonyl (C=O) groups excluding carboxylic acids is 1. The minimum atomic E-state index is -0.245. The summed E-state index contributed by atoms with van der Waals surface area (Å²) in [5, 5.41) is 2.74. The van der Waals surface area contributed by atoms with E-state index in [1.807, 2.05) is 39.8 Å². The molecule has 25 heavy (non-hydrogen) atoms. The summed E-state index contributed by atoms with van der Waals surface area (Å²) in [5.41, 5.74) is 2.77. The van der Waals surface area contributed by atoms with Crippen LogP contribution in [-0.4, -0.2) is 28.6 Å². The molecule has 6 heteroatoms. The Morgan fingerprint density at radius 3 is 2.48 bits per heavy atom. The lowest BCUT2D eigenvalue weighted by atomic mass is 10.1. The second-order valence-electron chi connectivity index (χ2n) is 6.46. The van der Waals surface area contributed by atoms with Crippen LogP contribution in [0.2, 0.25) is 0 Å². The minimum Gasteiger partial charge on any atom is -0.492 e. The summed E-state index contributed by atoms with van der Waals surface area (Å²) in [6.07, 6.45) is 1.42. The SMILES string of the molecule is Cc1cc(C)cc(OCCNC(=O)Cn2cnc(C(C)C)cc2=O)c1. The average Bonchev–Trinajstić information content (AvgIpc) is 2.52. The molecule has 1 aromatic heterocycles. The van der Waals surface area contributed by atoms with Gasteiger partial charge in [-0.3, -0.25) is 14.2 Å². The van der Waals surface area contributed by atoms with E-state index >= 15 is 0 Å². The number of carbonyl (C=O) groups is 1. The standard InChI is InChI=1S/C19H25N3O3/c1-13(2)17-10-19(24)22(12-21-17)11-18(23)20-5-6-25-16-8-14(3)7-15(4)9-16/h7-10,12-13H,5-6,11H2,1-4H3,(H,20,23). The van der Waals surface area contributed by atoms with E-state index in [0.717, 1.165) is 22.6 Å². The van der Waals surface area contributed by atoms with Crippen molar-refractivity contribution in [2.45, 2.75) is 40.2 Å². The third-order valence-electron chi connectivity index (χ3n) is 3.69. The molecule has 6 nitrogen and oxygen atoms in total. The van der Waals surface area contributed by atoms with Gasteiger partial charge in [-0.1, -0.05) is 19.9 Å². The molecule has 1 aromatic carbocycles. The van der Waals surface area contributed by atoms with E-state index in [2.05, 4.69) is 16.4 Å². The highest BCUT2D eigenvalue weighted by molar-refractivity contribution is 5.75. The van der Waals surface area contributed by atoms with Crippen molar-refractivity contribution >= 4 is 5.91 Å². The molecule has 0 unspecified atom stereocenters. The van der Waals surface area contributed by atoms with Gasteiger partial charge in [-0.05, 0) is 43.0 Å². The minimum absolute atomic E-state index is 0.0479. The summed E-state index contributed by atoms with van der Waals surface area (Å²) in [6.45, 7) is 8.65. The highest BCUT2D eigenvalue weighted by atomic mass is 16.5. The first kappa shape index (κ1) is 18.7. The molecule has 134 valence electrons. The van der Waals surface area contributed by atoms with Crippen LogP contribution in [0.15, 0.2) is 35.4 Å². The number of amides is 1. The smallest absolute Gasteiger partial charge is 0.254 e. The van der Waals surface area contributed by atoms with Gasteiger partial charge >= 0.3 is 0 Å². The fraction of sp³-hybridized carbons (Fsp3) is 0.421. The number of aryl methyl sites for hydroxylation is 2. The molecule has 0 aliphatic heterocycles. The molecular formula is C19H25N3O3. The fourth-order valence-electron chi connectivity index (χ4n) is 2.46. The van der Waals surface area contributed by atoms with E-state index in [1.54, 1.807) is 0 Å². The summed E-state index contributed by atoms with van der Waals surface area (Å²) in [7, 11) is 0. The first-order valence-electron chi connectivity index (χ1n) is 8.39. The maximum Gasteiger partial charge on any atom is 0.254 e. The lowest BCUT2D eigenvalue weighted by Crippen LogP contribution is -2.34. The normalized spacial score (nSPS) is 10.8. The highest BCUT2D eigenvalue weighted by Gasteiger charge is 2.07. The number of hydrogen-bond acceptors (Lipinski definition) is 4. The zero-order valence-electron chi connectivity index (χ0n) is 15.2. The van der Waals surface area contributed by atoms with E-state index in [0.29, 0.717) is 13.2 Å². The van der Waals surface area contributed by atoms with E-state index in [-0.39, 0.29) is 23.9 Å². The molecule has 1 heterocycles. The molecule has 1 amide bonds. The summed E-state index contributed by atoms with van der Waals surface area (Å²) in [4.78, 5) is 28.1. The molecule has 0 aliphatic carbocycles. The third kappa shape index (κ3) is 5.74. The highest BCUT2D eigenvalue weighted by Crippen LogP contribution is 2.15. The fourth-order valence-corrected chi connectivity index (χ4v) is 2.46. The predicted molar refractivity (Wildman–Crippen MR) is 97.0 cm³/mol. The van der Waals surface area contributed by atoms with Gasteiger partial charge in [-0.25, -0.2) is 4.98 Å². The number of nitrogens with one attached hydrogen (secondary N) is 1. The van der Waals surface area contributed by atoms with Gasteiger partial charge in [0.1, 0.15) is 18.9 Å². The lowest BCUT2D eigenvalue weighted by Gasteiger charge is -2.10. The van der Waals surface area contributed by atoms with Gasteiger partial charge in [-0.15, -0.1) is 0 Å². The van der Waals surface area contributed by atoms with E-state index in [1.165, 1.54) is 17.0 Å². The molecule has 0 atom stereocenters.